The molecule has 0 fully saturated rings. The number of amides is 2. The highest BCUT2D eigenvalue weighted by atomic mass is 16.5. The molecule has 2 rings (SSSR count). The van der Waals surface area contributed by atoms with Crippen molar-refractivity contribution in [2.24, 2.45) is 0 Å². The summed E-state index contributed by atoms with van der Waals surface area (Å²) in [5.74, 6) is 1.15. The summed E-state index contributed by atoms with van der Waals surface area (Å²) in [4.78, 5) is 24.4. The molecule has 0 saturated heterocycles. The van der Waals surface area contributed by atoms with Crippen molar-refractivity contribution in [2.75, 3.05) is 26.3 Å². The van der Waals surface area contributed by atoms with E-state index in [1.807, 2.05) is 0 Å². The lowest BCUT2D eigenvalue weighted by Crippen LogP contribution is -2.34. The number of ether oxygens (including phenoxy) is 2. The predicted molar refractivity (Wildman–Crippen MR) is 118 cm³/mol. The van der Waals surface area contributed by atoms with Crippen LogP contribution in [0.3, 0.4) is 0 Å². The number of benzene rings is 2. The Hall–Kier alpha value is -3.02. The van der Waals surface area contributed by atoms with E-state index in [0.717, 1.165) is 37.2 Å². The molecule has 0 heterocycles. The van der Waals surface area contributed by atoms with Gasteiger partial charge in [-0.15, -0.1) is 0 Å². The second-order valence-corrected chi connectivity index (χ2v) is 6.96. The summed E-state index contributed by atoms with van der Waals surface area (Å²) in [5.41, 5.74) is 1.12. The van der Waals surface area contributed by atoms with Gasteiger partial charge in [0, 0.05) is 24.2 Å². The number of hydrogen-bond donors (Lipinski definition) is 2. The van der Waals surface area contributed by atoms with Gasteiger partial charge in [-0.25, -0.2) is 0 Å². The molecule has 162 valence electrons. The van der Waals surface area contributed by atoms with Crippen LogP contribution in [-0.4, -0.2) is 38.1 Å². The van der Waals surface area contributed by atoms with Crippen molar-refractivity contribution in [1.29, 1.82) is 0 Å². The normalized spacial score (nSPS) is 10.3. The monoisotopic (exact) mass is 412 g/mol. The average molecular weight is 413 g/mol. The maximum atomic E-state index is 12.2. The van der Waals surface area contributed by atoms with Crippen LogP contribution in [0.4, 0.5) is 0 Å². The van der Waals surface area contributed by atoms with Crippen molar-refractivity contribution >= 4 is 11.8 Å². The van der Waals surface area contributed by atoms with E-state index in [2.05, 4.69) is 24.5 Å². The summed E-state index contributed by atoms with van der Waals surface area (Å²) >= 11 is 0. The Kier molecular flexibility index (Phi) is 10.3. The molecule has 0 aliphatic carbocycles. The third-order valence-electron chi connectivity index (χ3n) is 4.46. The van der Waals surface area contributed by atoms with Gasteiger partial charge in [0.05, 0.1) is 13.2 Å². The Balaban J connectivity index is 1.68. The number of carbonyl (C=O) groups excluding carboxylic acids is 2. The summed E-state index contributed by atoms with van der Waals surface area (Å²) in [6.07, 6.45) is 4.17. The largest absolute Gasteiger partial charge is 0.494 e. The van der Waals surface area contributed by atoms with Crippen molar-refractivity contribution in [3.63, 3.8) is 0 Å². The van der Waals surface area contributed by atoms with Crippen molar-refractivity contribution < 1.29 is 19.1 Å². The van der Waals surface area contributed by atoms with Crippen LogP contribution in [0.15, 0.2) is 48.5 Å². The molecule has 0 spiro atoms. The van der Waals surface area contributed by atoms with Gasteiger partial charge in [0.2, 0.25) is 0 Å². The fourth-order valence-corrected chi connectivity index (χ4v) is 2.63. The third kappa shape index (κ3) is 8.15. The van der Waals surface area contributed by atoms with Crippen LogP contribution in [0.2, 0.25) is 0 Å². The molecule has 2 N–H and O–H groups in total. The van der Waals surface area contributed by atoms with E-state index in [1.54, 1.807) is 48.5 Å². The fraction of sp³-hybridized carbons (Fsp3) is 0.417. The van der Waals surface area contributed by atoms with Crippen molar-refractivity contribution in [3.8, 4) is 11.5 Å². The Bertz CT molecular complexity index is 705. The zero-order chi connectivity index (χ0) is 21.6. The number of carbonyl (C=O) groups is 2. The van der Waals surface area contributed by atoms with Crippen LogP contribution < -0.4 is 20.1 Å². The summed E-state index contributed by atoms with van der Waals surface area (Å²) < 4.78 is 11.2. The van der Waals surface area contributed by atoms with Crippen LogP contribution >= 0.6 is 0 Å². The van der Waals surface area contributed by atoms with E-state index in [4.69, 9.17) is 9.47 Å². The molecule has 0 saturated carbocycles. The molecule has 2 amide bonds. The number of unbranched alkanes of at least 4 members (excludes halogenated alkanes) is 2. The van der Waals surface area contributed by atoms with E-state index < -0.39 is 0 Å². The van der Waals surface area contributed by atoms with E-state index in [-0.39, 0.29) is 11.8 Å². The summed E-state index contributed by atoms with van der Waals surface area (Å²) in [7, 11) is 0. The summed E-state index contributed by atoms with van der Waals surface area (Å²) in [5, 5.41) is 5.60. The molecule has 0 aliphatic heterocycles. The van der Waals surface area contributed by atoms with Crippen LogP contribution in [0, 0.1) is 0 Å². The van der Waals surface area contributed by atoms with Crippen molar-refractivity contribution in [2.45, 2.75) is 39.5 Å². The quantitative estimate of drug-likeness (QED) is 0.483. The predicted octanol–water partition coefficient (Wildman–Crippen LogP) is 4.20. The minimum atomic E-state index is -0.182. The molecule has 6 heteroatoms. The molecule has 0 radical (unpaired) electrons. The van der Waals surface area contributed by atoms with Crippen LogP contribution in [0.5, 0.6) is 11.5 Å². The molecular weight excluding hydrogens is 380 g/mol. The van der Waals surface area contributed by atoms with Crippen molar-refractivity contribution in [1.82, 2.24) is 10.6 Å². The summed E-state index contributed by atoms with van der Waals surface area (Å²) in [6, 6.07) is 14.1. The van der Waals surface area contributed by atoms with E-state index >= 15 is 0 Å². The lowest BCUT2D eigenvalue weighted by Gasteiger charge is -2.09. The third-order valence-corrected chi connectivity index (χ3v) is 4.46. The Labute approximate surface area is 179 Å². The van der Waals surface area contributed by atoms with Gasteiger partial charge in [0.1, 0.15) is 11.5 Å². The highest BCUT2D eigenvalue weighted by Crippen LogP contribution is 2.13. The molecular formula is C24H32N2O4. The first-order valence-electron chi connectivity index (χ1n) is 10.7. The Morgan fingerprint density at radius 1 is 0.667 bits per heavy atom. The van der Waals surface area contributed by atoms with E-state index in [1.165, 1.54) is 0 Å². The van der Waals surface area contributed by atoms with Gasteiger partial charge in [-0.05, 0) is 61.4 Å². The zero-order valence-corrected chi connectivity index (χ0v) is 17.9. The molecule has 30 heavy (non-hydrogen) atoms. The summed E-state index contributed by atoms with van der Waals surface area (Å²) in [6.45, 7) is 6.26. The van der Waals surface area contributed by atoms with Crippen LogP contribution in [-0.2, 0) is 0 Å². The van der Waals surface area contributed by atoms with Gasteiger partial charge >= 0.3 is 0 Å². The second kappa shape index (κ2) is 13.2. The van der Waals surface area contributed by atoms with Crippen LogP contribution in [0.1, 0.15) is 60.2 Å². The molecule has 0 atom stereocenters. The lowest BCUT2D eigenvalue weighted by atomic mass is 10.2. The van der Waals surface area contributed by atoms with Gasteiger partial charge in [-0.3, -0.25) is 9.59 Å². The lowest BCUT2D eigenvalue weighted by molar-refractivity contribution is 0.0927. The number of nitrogens with one attached hydrogen (secondary N) is 2. The van der Waals surface area contributed by atoms with E-state index in [9.17, 15) is 9.59 Å². The highest BCUT2D eigenvalue weighted by Gasteiger charge is 2.07. The Morgan fingerprint density at radius 2 is 1.03 bits per heavy atom. The van der Waals surface area contributed by atoms with Gasteiger partial charge in [-0.2, -0.15) is 0 Å². The molecule has 0 bridgehead atoms. The van der Waals surface area contributed by atoms with Crippen LogP contribution in [0.25, 0.3) is 0 Å². The van der Waals surface area contributed by atoms with Gasteiger partial charge in [-0.1, -0.05) is 26.7 Å². The molecule has 0 aromatic heterocycles. The number of rotatable bonds is 13. The van der Waals surface area contributed by atoms with Gasteiger partial charge < -0.3 is 20.1 Å². The van der Waals surface area contributed by atoms with E-state index in [0.29, 0.717) is 37.4 Å². The van der Waals surface area contributed by atoms with Gasteiger partial charge in [0.15, 0.2) is 0 Å². The maximum absolute atomic E-state index is 12.2. The smallest absolute Gasteiger partial charge is 0.251 e. The molecule has 6 nitrogen and oxygen atoms in total. The second-order valence-electron chi connectivity index (χ2n) is 6.96. The first-order chi connectivity index (χ1) is 14.6. The zero-order valence-electron chi connectivity index (χ0n) is 17.9. The fourth-order valence-electron chi connectivity index (χ4n) is 2.63. The average Bonchev–Trinajstić information content (AvgIpc) is 2.77. The molecule has 2 aromatic carbocycles. The first kappa shape index (κ1) is 23.3. The minimum Gasteiger partial charge on any atom is -0.494 e. The number of hydrogen-bond acceptors (Lipinski definition) is 4. The van der Waals surface area contributed by atoms with Gasteiger partial charge in [0.25, 0.3) is 11.8 Å². The molecule has 0 unspecified atom stereocenters. The first-order valence-corrected chi connectivity index (χ1v) is 10.7. The topological polar surface area (TPSA) is 76.7 Å². The maximum Gasteiger partial charge on any atom is 0.251 e. The molecule has 2 aromatic rings. The Morgan fingerprint density at radius 3 is 1.37 bits per heavy atom. The standard InChI is InChI=1S/C24H32N2O4/c1-3-5-17-29-21-11-7-19(8-12-21)23(27)25-15-16-26-24(28)20-9-13-22(14-10-20)30-18-6-4-2/h7-14H,3-6,15-18H2,1-2H3,(H,25,27)(H,26,28). The van der Waals surface area contributed by atoms with Crippen molar-refractivity contribution in [3.05, 3.63) is 59.7 Å². The highest BCUT2D eigenvalue weighted by molar-refractivity contribution is 5.95. The minimum absolute atomic E-state index is 0.182. The molecule has 0 aliphatic rings. The SMILES string of the molecule is CCCCOc1ccc(C(=O)NCCNC(=O)c2ccc(OCCCC)cc2)cc1.